The van der Waals surface area contributed by atoms with Crippen LogP contribution in [-0.2, 0) is 20.1 Å². The maximum Gasteiger partial charge on any atom is 0.158 e. The van der Waals surface area contributed by atoms with Gasteiger partial charge in [-0.05, 0) is 47.1 Å². The molecule has 0 saturated carbocycles. The van der Waals surface area contributed by atoms with Crippen molar-refractivity contribution in [2.45, 2.75) is 39.4 Å². The van der Waals surface area contributed by atoms with Gasteiger partial charge >= 0.3 is 0 Å². The van der Waals surface area contributed by atoms with E-state index in [2.05, 4.69) is 89.9 Å². The number of aromatic nitrogens is 3. The Morgan fingerprint density at radius 1 is 0.691 bits per heavy atom. The standard InChI is InChI=1S/C31H17N2O2.C17H22NSi.Ir/c1-5-17-27-19(9-1)21-11-7-13-23(29(21)34-27)31-32-24-14-3-4-15-25(24)33(31)26-16-8-12-22-20-10-2-6-18-28(20)35-30(22)26;1-13(2)15-11-16(14-9-7-6-8-10-14)18-12-17(15)19(3,4)5;/h1-12,14-18H;6-9,11-13H,1-5H3;/q2*-1;/i;13D;. The number of imidazole rings is 1. The molecule has 0 aliphatic rings. The maximum atomic E-state index is 8.44. The molecule has 0 unspecified atom stereocenters. The van der Waals surface area contributed by atoms with Crippen LogP contribution in [0.25, 0.3) is 83.2 Å². The Morgan fingerprint density at radius 3 is 2.05 bits per heavy atom. The summed E-state index contributed by atoms with van der Waals surface area (Å²) in [5, 5.41) is 5.58. The summed E-state index contributed by atoms with van der Waals surface area (Å²) in [5.41, 5.74) is 9.97. The van der Waals surface area contributed by atoms with Crippen molar-refractivity contribution in [1.29, 1.82) is 0 Å². The molecule has 10 rings (SSSR count). The van der Waals surface area contributed by atoms with E-state index in [0.29, 0.717) is 0 Å². The van der Waals surface area contributed by atoms with E-state index in [4.69, 9.17) is 15.2 Å². The van der Waals surface area contributed by atoms with Crippen molar-refractivity contribution in [3.63, 3.8) is 0 Å². The molecule has 6 aromatic carbocycles. The van der Waals surface area contributed by atoms with Gasteiger partial charge in [0.25, 0.3) is 0 Å². The molecule has 55 heavy (non-hydrogen) atoms. The summed E-state index contributed by atoms with van der Waals surface area (Å²) in [6.07, 6.45) is 1.98. The van der Waals surface area contributed by atoms with E-state index >= 15 is 0 Å². The fourth-order valence-electron chi connectivity index (χ4n) is 7.37. The largest absolute Gasteiger partial charge is 0.501 e. The normalized spacial score (nSPS) is 12.2. The fraction of sp³-hybridized carbons (Fsp3) is 0.125. The van der Waals surface area contributed by atoms with E-state index in [1.807, 2.05) is 105 Å². The van der Waals surface area contributed by atoms with Crippen molar-refractivity contribution in [3.8, 4) is 28.3 Å². The Labute approximate surface area is 336 Å². The number of pyridine rings is 1. The molecule has 0 aliphatic heterocycles. The molecule has 0 atom stereocenters. The minimum absolute atomic E-state index is 0. The molecule has 273 valence electrons. The Morgan fingerprint density at radius 2 is 1.35 bits per heavy atom. The minimum Gasteiger partial charge on any atom is -0.501 e. The molecular formula is C48H39IrN3O2Si-2. The van der Waals surface area contributed by atoms with Crippen molar-refractivity contribution in [2.24, 2.45) is 0 Å². The molecule has 5 nitrogen and oxygen atoms in total. The smallest absolute Gasteiger partial charge is 0.158 e. The molecule has 1 radical (unpaired) electrons. The van der Waals surface area contributed by atoms with Crippen molar-refractivity contribution < 1.29 is 30.3 Å². The number of para-hydroxylation sites is 5. The Balaban J connectivity index is 0.000000181. The van der Waals surface area contributed by atoms with Gasteiger partial charge in [0.05, 0.1) is 36.2 Å². The van der Waals surface area contributed by atoms with Crippen LogP contribution in [0, 0.1) is 12.1 Å². The van der Waals surface area contributed by atoms with Gasteiger partial charge in [-0.3, -0.25) is 4.98 Å². The van der Waals surface area contributed by atoms with Gasteiger partial charge in [-0.1, -0.05) is 117 Å². The third-order valence-corrected chi connectivity index (χ3v) is 12.0. The van der Waals surface area contributed by atoms with Crippen LogP contribution in [0.5, 0.6) is 0 Å². The summed E-state index contributed by atoms with van der Waals surface area (Å²) in [6, 6.07) is 51.3. The second-order valence-corrected chi connectivity index (χ2v) is 19.9. The summed E-state index contributed by atoms with van der Waals surface area (Å²) < 4.78 is 23.4. The van der Waals surface area contributed by atoms with E-state index in [-0.39, 0.29) is 20.1 Å². The van der Waals surface area contributed by atoms with E-state index < -0.39 is 14.0 Å². The summed E-state index contributed by atoms with van der Waals surface area (Å²) in [4.78, 5) is 9.68. The van der Waals surface area contributed by atoms with Gasteiger partial charge in [0.2, 0.25) is 0 Å². The fourth-order valence-corrected chi connectivity index (χ4v) is 8.95. The van der Waals surface area contributed by atoms with E-state index in [1.165, 1.54) is 5.19 Å². The van der Waals surface area contributed by atoms with Gasteiger partial charge < -0.3 is 18.4 Å². The number of benzene rings is 6. The van der Waals surface area contributed by atoms with E-state index in [0.717, 1.165) is 88.8 Å². The van der Waals surface area contributed by atoms with Crippen LogP contribution in [0.4, 0.5) is 0 Å². The van der Waals surface area contributed by atoms with Gasteiger partial charge in [-0.25, -0.2) is 0 Å². The van der Waals surface area contributed by atoms with Crippen LogP contribution in [-0.4, -0.2) is 22.6 Å². The average Bonchev–Trinajstić information content (AvgIpc) is 3.89. The average molecular weight is 911 g/mol. The SMILES string of the molecule is [2H]C(C)(C)c1cc(-c2[c-]cccc2)ncc1[Si](C)(C)C.[Ir].[c-]1ccc2c(oc3ccccc32)c1-c1nc2ccccc2n1-c1cccc2c1oc1ccccc12. The first-order valence-corrected chi connectivity index (χ1v) is 21.7. The number of furan rings is 2. The Bertz CT molecular complexity index is 3030. The molecule has 4 aromatic heterocycles. The van der Waals surface area contributed by atoms with Crippen molar-refractivity contribution in [3.05, 3.63) is 157 Å². The van der Waals surface area contributed by atoms with Crippen LogP contribution in [0.1, 0.15) is 26.7 Å². The first-order valence-electron chi connectivity index (χ1n) is 18.7. The van der Waals surface area contributed by atoms with Gasteiger partial charge in [-0.15, -0.1) is 54.1 Å². The first-order chi connectivity index (χ1) is 26.6. The molecule has 0 bridgehead atoms. The predicted molar refractivity (Wildman–Crippen MR) is 225 cm³/mol. The number of hydrogen-bond donors (Lipinski definition) is 0. The molecule has 4 heterocycles. The molecule has 7 heteroatoms. The molecule has 0 N–H and O–H groups in total. The monoisotopic (exact) mass is 911 g/mol. The Hall–Kier alpha value is -5.59. The maximum absolute atomic E-state index is 8.44. The molecule has 10 aromatic rings. The molecule has 0 amide bonds. The molecular weight excluding hydrogens is 871 g/mol. The molecule has 0 fully saturated rings. The van der Waals surface area contributed by atoms with Crippen LogP contribution < -0.4 is 5.19 Å². The minimum atomic E-state index is -1.50. The van der Waals surface area contributed by atoms with Gasteiger partial charge in [-0.2, -0.15) is 0 Å². The summed E-state index contributed by atoms with van der Waals surface area (Å²) in [5.74, 6) is 0.158. The summed E-state index contributed by atoms with van der Waals surface area (Å²) >= 11 is 0. The molecule has 0 spiro atoms. The van der Waals surface area contributed by atoms with Crippen LogP contribution in [0.15, 0.2) is 148 Å². The zero-order valence-corrected chi connectivity index (χ0v) is 34.7. The summed E-state index contributed by atoms with van der Waals surface area (Å²) in [7, 11) is -1.50. The number of hydrogen-bond acceptors (Lipinski definition) is 4. The van der Waals surface area contributed by atoms with Crippen molar-refractivity contribution in [1.82, 2.24) is 14.5 Å². The van der Waals surface area contributed by atoms with E-state index in [1.54, 1.807) is 0 Å². The van der Waals surface area contributed by atoms with Gasteiger partial charge in [0.15, 0.2) is 5.58 Å². The number of fused-ring (bicyclic) bond motifs is 7. The van der Waals surface area contributed by atoms with Gasteiger partial charge in [0.1, 0.15) is 11.2 Å². The van der Waals surface area contributed by atoms with Crippen LogP contribution in [0.2, 0.25) is 19.6 Å². The number of rotatable bonds is 5. The summed E-state index contributed by atoms with van der Waals surface area (Å²) in [6.45, 7) is 10.8. The third kappa shape index (κ3) is 6.52. The first kappa shape index (κ1) is 35.1. The van der Waals surface area contributed by atoms with E-state index in [9.17, 15) is 0 Å². The van der Waals surface area contributed by atoms with Crippen LogP contribution >= 0.6 is 0 Å². The van der Waals surface area contributed by atoms with Crippen molar-refractivity contribution in [2.75, 3.05) is 0 Å². The second-order valence-electron chi connectivity index (χ2n) is 14.8. The third-order valence-electron chi connectivity index (χ3n) is 9.98. The molecule has 0 aliphatic carbocycles. The van der Waals surface area contributed by atoms with Gasteiger partial charge in [0, 0.05) is 43.8 Å². The predicted octanol–water partition coefficient (Wildman–Crippen LogP) is 12.5. The van der Waals surface area contributed by atoms with Crippen LogP contribution in [0.3, 0.4) is 0 Å². The van der Waals surface area contributed by atoms with Crippen molar-refractivity contribution >= 4 is 68.2 Å². The topological polar surface area (TPSA) is 57.0 Å². The Kier molecular flexibility index (Phi) is 9.31. The quantitative estimate of drug-likeness (QED) is 0.128. The molecule has 0 saturated heterocycles. The number of nitrogens with zero attached hydrogens (tertiary/aromatic N) is 3. The zero-order valence-electron chi connectivity index (χ0n) is 32.3. The zero-order chi connectivity index (χ0) is 37.9. The second kappa shape index (κ2) is 14.6.